The lowest BCUT2D eigenvalue weighted by molar-refractivity contribution is -0.125. The quantitative estimate of drug-likeness (QED) is 0.377. The van der Waals surface area contributed by atoms with E-state index in [1.54, 1.807) is 60.7 Å². The number of rotatable bonds is 8. The van der Waals surface area contributed by atoms with Crippen molar-refractivity contribution >= 4 is 23.3 Å². The molecular weight excluding hydrogens is 458 g/mol. The van der Waals surface area contributed by atoms with Crippen LogP contribution in [-0.4, -0.2) is 59.6 Å². The number of amides is 2. The second-order valence-corrected chi connectivity index (χ2v) is 8.44. The zero-order chi connectivity index (χ0) is 25.5. The summed E-state index contributed by atoms with van der Waals surface area (Å²) in [7, 11) is 1.41. The van der Waals surface area contributed by atoms with Gasteiger partial charge in [-0.1, -0.05) is 78.0 Å². The van der Waals surface area contributed by atoms with E-state index in [1.165, 1.54) is 12.0 Å². The van der Waals surface area contributed by atoms with E-state index in [0.29, 0.717) is 28.0 Å². The first-order chi connectivity index (χ1) is 17.5. The van der Waals surface area contributed by atoms with Gasteiger partial charge in [-0.2, -0.15) is 0 Å². The van der Waals surface area contributed by atoms with Crippen molar-refractivity contribution in [2.75, 3.05) is 20.2 Å². The Hall–Kier alpha value is -4.30. The molecule has 1 heterocycles. The topological polar surface area (TPSA) is 108 Å². The molecule has 4 rings (SSSR count). The Morgan fingerprint density at radius 2 is 1.53 bits per heavy atom. The third kappa shape index (κ3) is 5.67. The van der Waals surface area contributed by atoms with Crippen molar-refractivity contribution < 1.29 is 24.3 Å². The summed E-state index contributed by atoms with van der Waals surface area (Å²) in [5.41, 5.74) is 2.62. The van der Waals surface area contributed by atoms with Crippen LogP contribution < -0.4 is 5.32 Å². The number of ketones is 1. The average molecular weight is 486 g/mol. The number of aliphatic hydroxyl groups excluding tert-OH is 1. The molecule has 8 nitrogen and oxygen atoms in total. The van der Waals surface area contributed by atoms with E-state index in [0.717, 1.165) is 0 Å². The molecule has 0 spiro atoms. The summed E-state index contributed by atoms with van der Waals surface area (Å²) in [6, 6.07) is 23.5. The van der Waals surface area contributed by atoms with Gasteiger partial charge in [-0.25, -0.2) is 0 Å². The molecule has 8 heteroatoms. The fraction of sp³-hybridized carbons (Fsp3) is 0.214. The number of oxime groups is 1. The molecule has 1 aliphatic rings. The molecule has 3 aromatic rings. The first-order valence-electron chi connectivity index (χ1n) is 11.6. The van der Waals surface area contributed by atoms with Crippen LogP contribution in [-0.2, 0) is 9.63 Å². The van der Waals surface area contributed by atoms with Gasteiger partial charge in [0.05, 0.1) is 18.4 Å². The highest BCUT2D eigenvalue weighted by Gasteiger charge is 2.38. The van der Waals surface area contributed by atoms with Gasteiger partial charge in [0.1, 0.15) is 13.2 Å². The Balaban J connectivity index is 1.47. The number of carbonyl (C=O) groups is 3. The minimum absolute atomic E-state index is 0.00836. The number of carbonyl (C=O) groups excluding carboxylic acids is 3. The minimum Gasteiger partial charge on any atom is -0.399 e. The largest absolute Gasteiger partial charge is 0.399 e. The van der Waals surface area contributed by atoms with Gasteiger partial charge in [-0.15, -0.1) is 0 Å². The third-order valence-corrected chi connectivity index (χ3v) is 6.03. The summed E-state index contributed by atoms with van der Waals surface area (Å²) >= 11 is 0. The second-order valence-electron chi connectivity index (χ2n) is 8.44. The fourth-order valence-electron chi connectivity index (χ4n) is 4.14. The highest BCUT2D eigenvalue weighted by molar-refractivity contribution is 6.10. The Bertz CT molecular complexity index is 1240. The molecule has 2 atom stereocenters. The molecule has 36 heavy (non-hydrogen) atoms. The number of nitrogens with one attached hydrogen (secondary N) is 1. The summed E-state index contributed by atoms with van der Waals surface area (Å²) < 4.78 is 0. The van der Waals surface area contributed by atoms with Crippen molar-refractivity contribution in [3.63, 3.8) is 0 Å². The van der Waals surface area contributed by atoms with Gasteiger partial charge in [0.2, 0.25) is 5.91 Å². The van der Waals surface area contributed by atoms with Gasteiger partial charge < -0.3 is 20.2 Å². The van der Waals surface area contributed by atoms with Crippen LogP contribution in [0.4, 0.5) is 0 Å². The number of likely N-dealkylation sites (tertiary alicyclic amines) is 1. The molecule has 1 unspecified atom stereocenters. The summed E-state index contributed by atoms with van der Waals surface area (Å²) in [5.74, 6) is -0.895. The Morgan fingerprint density at radius 3 is 2.17 bits per heavy atom. The lowest BCUT2D eigenvalue weighted by Gasteiger charge is -2.24. The van der Waals surface area contributed by atoms with Gasteiger partial charge in [0.25, 0.3) is 5.91 Å². The van der Waals surface area contributed by atoms with E-state index in [2.05, 4.69) is 10.5 Å². The molecule has 184 valence electrons. The van der Waals surface area contributed by atoms with Crippen molar-refractivity contribution in [1.29, 1.82) is 0 Å². The van der Waals surface area contributed by atoms with Gasteiger partial charge in [0, 0.05) is 29.7 Å². The Labute approximate surface area is 209 Å². The first kappa shape index (κ1) is 24.8. The minimum atomic E-state index is -0.873. The van der Waals surface area contributed by atoms with Crippen LogP contribution in [0.1, 0.15) is 44.4 Å². The van der Waals surface area contributed by atoms with E-state index in [-0.39, 0.29) is 31.2 Å². The molecule has 1 aliphatic heterocycles. The molecule has 2 N–H and O–H groups in total. The van der Waals surface area contributed by atoms with Crippen LogP contribution >= 0.6 is 0 Å². The number of aliphatic hydroxyl groups is 1. The van der Waals surface area contributed by atoms with Crippen LogP contribution in [0, 0.1) is 0 Å². The van der Waals surface area contributed by atoms with Crippen molar-refractivity contribution in [3.8, 4) is 0 Å². The monoisotopic (exact) mass is 485 g/mol. The van der Waals surface area contributed by atoms with Crippen LogP contribution in [0.2, 0.25) is 0 Å². The van der Waals surface area contributed by atoms with Crippen molar-refractivity contribution in [2.24, 2.45) is 5.16 Å². The van der Waals surface area contributed by atoms with E-state index >= 15 is 0 Å². The van der Waals surface area contributed by atoms with Gasteiger partial charge in [-0.3, -0.25) is 14.4 Å². The van der Waals surface area contributed by atoms with E-state index in [9.17, 15) is 19.5 Å². The second kappa shape index (κ2) is 11.4. The van der Waals surface area contributed by atoms with Gasteiger partial charge in [-0.05, 0) is 17.7 Å². The SMILES string of the molecule is CON=C1CC(C(=O)NC[C@@H](O)c2ccccc2)N(C(=O)c2ccc(C(=O)c3ccccc3)cc2)C1. The predicted molar refractivity (Wildman–Crippen MR) is 135 cm³/mol. The standard InChI is InChI=1S/C28H27N3O5/c1-36-30-23-16-24(27(34)29-17-25(32)19-8-4-2-5-9-19)31(18-23)28(35)22-14-12-21(13-15-22)26(33)20-10-6-3-7-11-20/h2-15,24-25,32H,16-18H2,1H3,(H,29,34)/t24?,25-/m1/s1. The van der Waals surface area contributed by atoms with E-state index < -0.39 is 18.1 Å². The maximum Gasteiger partial charge on any atom is 0.254 e. The lowest BCUT2D eigenvalue weighted by atomic mass is 10.0. The molecule has 0 radical (unpaired) electrons. The molecule has 3 aromatic carbocycles. The third-order valence-electron chi connectivity index (χ3n) is 6.03. The maximum atomic E-state index is 13.3. The zero-order valence-corrected chi connectivity index (χ0v) is 19.8. The first-order valence-corrected chi connectivity index (χ1v) is 11.6. The van der Waals surface area contributed by atoms with E-state index in [1.807, 2.05) is 24.3 Å². The number of nitrogens with zero attached hydrogens (tertiary/aromatic N) is 2. The van der Waals surface area contributed by atoms with Crippen LogP contribution in [0.3, 0.4) is 0 Å². The highest BCUT2D eigenvalue weighted by atomic mass is 16.6. The van der Waals surface area contributed by atoms with Crippen molar-refractivity contribution in [3.05, 3.63) is 107 Å². The fourth-order valence-corrected chi connectivity index (χ4v) is 4.14. The number of benzene rings is 3. The summed E-state index contributed by atoms with van der Waals surface area (Å²) in [6.45, 7) is 0.144. The molecule has 1 saturated heterocycles. The average Bonchev–Trinajstić information content (AvgIpc) is 3.36. The molecule has 0 aromatic heterocycles. The number of hydrogen-bond acceptors (Lipinski definition) is 6. The molecule has 0 bridgehead atoms. The molecule has 1 fully saturated rings. The van der Waals surface area contributed by atoms with Crippen LogP contribution in [0.15, 0.2) is 90.1 Å². The Morgan fingerprint density at radius 1 is 0.944 bits per heavy atom. The maximum absolute atomic E-state index is 13.3. The predicted octanol–water partition coefficient (Wildman–Crippen LogP) is 2.98. The van der Waals surface area contributed by atoms with Crippen molar-refractivity contribution in [2.45, 2.75) is 18.6 Å². The van der Waals surface area contributed by atoms with Gasteiger partial charge >= 0.3 is 0 Å². The number of hydrogen-bond donors (Lipinski definition) is 2. The summed E-state index contributed by atoms with van der Waals surface area (Å²) in [5, 5.41) is 17.1. The smallest absolute Gasteiger partial charge is 0.254 e. The van der Waals surface area contributed by atoms with Gasteiger partial charge in [0.15, 0.2) is 5.78 Å². The van der Waals surface area contributed by atoms with Crippen molar-refractivity contribution in [1.82, 2.24) is 10.2 Å². The molecule has 0 aliphatic carbocycles. The summed E-state index contributed by atoms with van der Waals surface area (Å²) in [6.07, 6.45) is -0.653. The van der Waals surface area contributed by atoms with Crippen LogP contribution in [0.5, 0.6) is 0 Å². The lowest BCUT2D eigenvalue weighted by Crippen LogP contribution is -2.46. The molecular formula is C28H27N3O5. The normalized spacial score (nSPS) is 17.0. The Kier molecular flexibility index (Phi) is 7.87. The summed E-state index contributed by atoms with van der Waals surface area (Å²) in [4.78, 5) is 45.3. The highest BCUT2D eigenvalue weighted by Crippen LogP contribution is 2.21. The van der Waals surface area contributed by atoms with E-state index in [4.69, 9.17) is 4.84 Å². The van der Waals surface area contributed by atoms with Crippen LogP contribution in [0.25, 0.3) is 0 Å². The zero-order valence-electron chi connectivity index (χ0n) is 19.8. The molecule has 2 amide bonds. The molecule has 0 saturated carbocycles.